The van der Waals surface area contributed by atoms with Gasteiger partial charge in [0.05, 0.1) is 5.75 Å². The molecule has 0 bridgehead atoms. The lowest BCUT2D eigenvalue weighted by molar-refractivity contribution is -0.127. The molecule has 1 heterocycles. The lowest BCUT2D eigenvalue weighted by atomic mass is 10.1. The summed E-state index contributed by atoms with van der Waals surface area (Å²) in [5.74, 6) is 1.11. The normalized spacial score (nSPS) is 10.8. The second kappa shape index (κ2) is 8.59. The summed E-state index contributed by atoms with van der Waals surface area (Å²) >= 11 is 7.33. The third kappa shape index (κ3) is 4.70. The van der Waals surface area contributed by atoms with Crippen LogP contribution < -0.4 is 0 Å². The fourth-order valence-electron chi connectivity index (χ4n) is 2.66. The lowest BCUT2D eigenvalue weighted by Crippen LogP contribution is -2.28. The van der Waals surface area contributed by atoms with Gasteiger partial charge in [-0.05, 0) is 42.3 Å². The SMILES string of the molecule is Cc1ccccc1CN(C)C(=O)CSc1nnc(-c2ccc(Cl)cc2)n1C. The summed E-state index contributed by atoms with van der Waals surface area (Å²) in [5, 5.41) is 9.84. The van der Waals surface area contributed by atoms with Crippen LogP contribution in [0.5, 0.6) is 0 Å². The van der Waals surface area contributed by atoms with Gasteiger partial charge in [0.25, 0.3) is 0 Å². The van der Waals surface area contributed by atoms with Crippen molar-refractivity contribution < 1.29 is 4.79 Å². The van der Waals surface area contributed by atoms with Crippen LogP contribution >= 0.6 is 23.4 Å². The van der Waals surface area contributed by atoms with Gasteiger partial charge in [0.1, 0.15) is 0 Å². The minimum Gasteiger partial charge on any atom is -0.341 e. The molecule has 0 aliphatic heterocycles. The van der Waals surface area contributed by atoms with E-state index in [0.29, 0.717) is 22.5 Å². The fraction of sp³-hybridized carbons (Fsp3) is 0.250. The van der Waals surface area contributed by atoms with Crippen molar-refractivity contribution in [1.82, 2.24) is 19.7 Å². The Morgan fingerprint density at radius 3 is 2.56 bits per heavy atom. The van der Waals surface area contributed by atoms with Crippen molar-refractivity contribution in [3.8, 4) is 11.4 Å². The highest BCUT2D eigenvalue weighted by molar-refractivity contribution is 7.99. The van der Waals surface area contributed by atoms with E-state index in [4.69, 9.17) is 11.6 Å². The van der Waals surface area contributed by atoms with Gasteiger partial charge in [-0.1, -0.05) is 47.6 Å². The van der Waals surface area contributed by atoms with Gasteiger partial charge in [-0.2, -0.15) is 0 Å². The third-order valence-corrected chi connectivity index (χ3v) is 5.61. The van der Waals surface area contributed by atoms with Crippen molar-refractivity contribution in [2.24, 2.45) is 7.05 Å². The Kier molecular flexibility index (Phi) is 6.19. The Hall–Kier alpha value is -2.31. The highest BCUT2D eigenvalue weighted by Crippen LogP contribution is 2.24. The summed E-state index contributed by atoms with van der Waals surface area (Å²) in [6, 6.07) is 15.6. The Morgan fingerprint density at radius 2 is 1.85 bits per heavy atom. The number of aryl methyl sites for hydroxylation is 1. The Bertz CT molecular complexity index is 939. The second-order valence-corrected chi connectivity index (χ2v) is 7.72. The molecule has 3 aromatic rings. The van der Waals surface area contributed by atoms with Crippen molar-refractivity contribution in [3.63, 3.8) is 0 Å². The van der Waals surface area contributed by atoms with Crippen molar-refractivity contribution in [3.05, 3.63) is 64.7 Å². The molecule has 0 aliphatic carbocycles. The number of thioether (sulfide) groups is 1. The maximum Gasteiger partial charge on any atom is 0.233 e. The summed E-state index contributed by atoms with van der Waals surface area (Å²) in [7, 11) is 3.72. The smallest absolute Gasteiger partial charge is 0.233 e. The minimum atomic E-state index is 0.0549. The molecule has 0 atom stereocenters. The summed E-state index contributed by atoms with van der Waals surface area (Å²) in [5.41, 5.74) is 3.27. The van der Waals surface area contributed by atoms with Crippen LogP contribution in [0.3, 0.4) is 0 Å². The molecular weight excluding hydrogens is 380 g/mol. The van der Waals surface area contributed by atoms with Crippen LogP contribution in [0.4, 0.5) is 0 Å². The van der Waals surface area contributed by atoms with E-state index in [9.17, 15) is 4.79 Å². The molecule has 0 saturated heterocycles. The fourth-order valence-corrected chi connectivity index (χ4v) is 3.64. The average Bonchev–Trinajstić information content (AvgIpc) is 3.03. The van der Waals surface area contributed by atoms with E-state index in [-0.39, 0.29) is 5.91 Å². The zero-order valence-corrected chi connectivity index (χ0v) is 17.1. The van der Waals surface area contributed by atoms with E-state index in [0.717, 1.165) is 17.0 Å². The predicted octanol–water partition coefficient (Wildman–Crippen LogP) is 4.19. The molecule has 7 heteroatoms. The zero-order valence-electron chi connectivity index (χ0n) is 15.5. The van der Waals surface area contributed by atoms with Crippen LogP contribution in [0.15, 0.2) is 53.7 Å². The second-order valence-electron chi connectivity index (χ2n) is 6.34. The van der Waals surface area contributed by atoms with Crippen LogP contribution in [0.1, 0.15) is 11.1 Å². The molecule has 140 valence electrons. The van der Waals surface area contributed by atoms with Gasteiger partial charge >= 0.3 is 0 Å². The number of aromatic nitrogens is 3. The number of rotatable bonds is 6. The first-order chi connectivity index (χ1) is 13.0. The molecule has 27 heavy (non-hydrogen) atoms. The van der Waals surface area contributed by atoms with Gasteiger partial charge in [-0.3, -0.25) is 4.79 Å². The Labute approximate surface area is 168 Å². The quantitative estimate of drug-likeness (QED) is 0.582. The first kappa shape index (κ1) is 19.5. The molecule has 3 rings (SSSR count). The molecular formula is C20H21ClN4OS. The summed E-state index contributed by atoms with van der Waals surface area (Å²) < 4.78 is 1.89. The number of amides is 1. The molecule has 5 nitrogen and oxygen atoms in total. The molecule has 0 fully saturated rings. The number of hydrogen-bond donors (Lipinski definition) is 0. The molecule has 0 N–H and O–H groups in total. The van der Waals surface area contributed by atoms with E-state index in [1.54, 1.807) is 4.90 Å². The van der Waals surface area contributed by atoms with Crippen molar-refractivity contribution >= 4 is 29.3 Å². The van der Waals surface area contributed by atoms with E-state index in [1.165, 1.54) is 17.3 Å². The topological polar surface area (TPSA) is 51.0 Å². The molecule has 0 unspecified atom stereocenters. The summed E-state index contributed by atoms with van der Waals surface area (Å²) in [4.78, 5) is 14.2. The first-order valence-electron chi connectivity index (χ1n) is 8.52. The number of carbonyl (C=O) groups excluding carboxylic acids is 1. The monoisotopic (exact) mass is 400 g/mol. The number of halogens is 1. The maximum absolute atomic E-state index is 12.5. The number of benzene rings is 2. The standard InChI is InChI=1S/C20H21ClN4OS/c1-14-6-4-5-7-16(14)12-24(2)18(26)13-27-20-23-22-19(25(20)3)15-8-10-17(21)11-9-15/h4-11H,12-13H2,1-3H3. The maximum atomic E-state index is 12.5. The van der Waals surface area contributed by atoms with E-state index in [2.05, 4.69) is 23.2 Å². The lowest BCUT2D eigenvalue weighted by Gasteiger charge is -2.18. The van der Waals surface area contributed by atoms with Gasteiger partial charge in [0, 0.05) is 31.2 Å². The Balaban J connectivity index is 1.62. The summed E-state index contributed by atoms with van der Waals surface area (Å²) in [6.45, 7) is 2.65. The largest absolute Gasteiger partial charge is 0.341 e. The molecule has 0 saturated carbocycles. The summed E-state index contributed by atoms with van der Waals surface area (Å²) in [6.07, 6.45) is 0. The first-order valence-corrected chi connectivity index (χ1v) is 9.88. The number of hydrogen-bond acceptors (Lipinski definition) is 4. The molecule has 0 aliphatic rings. The zero-order chi connectivity index (χ0) is 19.4. The highest BCUT2D eigenvalue weighted by atomic mass is 35.5. The van der Waals surface area contributed by atoms with Crippen LogP contribution in [0.25, 0.3) is 11.4 Å². The predicted molar refractivity (Wildman–Crippen MR) is 110 cm³/mol. The molecule has 1 amide bonds. The van der Waals surface area contributed by atoms with Gasteiger partial charge in [-0.25, -0.2) is 0 Å². The molecule has 1 aromatic heterocycles. The molecule has 2 aromatic carbocycles. The number of nitrogens with zero attached hydrogens (tertiary/aromatic N) is 4. The van der Waals surface area contributed by atoms with Crippen molar-refractivity contribution in [2.75, 3.05) is 12.8 Å². The molecule has 0 spiro atoms. The van der Waals surface area contributed by atoms with Crippen molar-refractivity contribution in [2.45, 2.75) is 18.6 Å². The highest BCUT2D eigenvalue weighted by Gasteiger charge is 2.15. The Morgan fingerprint density at radius 1 is 1.15 bits per heavy atom. The number of carbonyl (C=O) groups is 1. The van der Waals surface area contributed by atoms with E-state index < -0.39 is 0 Å². The van der Waals surface area contributed by atoms with Crippen LogP contribution in [0.2, 0.25) is 5.02 Å². The van der Waals surface area contributed by atoms with Gasteiger partial charge in [-0.15, -0.1) is 10.2 Å². The van der Waals surface area contributed by atoms with Crippen LogP contribution in [-0.4, -0.2) is 38.4 Å². The van der Waals surface area contributed by atoms with Gasteiger partial charge < -0.3 is 9.47 Å². The van der Waals surface area contributed by atoms with E-state index in [1.807, 2.05) is 61.1 Å². The van der Waals surface area contributed by atoms with Gasteiger partial charge in [0.15, 0.2) is 11.0 Å². The van der Waals surface area contributed by atoms with Crippen molar-refractivity contribution in [1.29, 1.82) is 0 Å². The average molecular weight is 401 g/mol. The third-order valence-electron chi connectivity index (χ3n) is 4.36. The molecule has 0 radical (unpaired) electrons. The minimum absolute atomic E-state index is 0.0549. The van der Waals surface area contributed by atoms with E-state index >= 15 is 0 Å². The van der Waals surface area contributed by atoms with Crippen LogP contribution in [-0.2, 0) is 18.4 Å². The van der Waals surface area contributed by atoms with Crippen LogP contribution in [0, 0.1) is 6.92 Å². The van der Waals surface area contributed by atoms with Gasteiger partial charge in [0.2, 0.25) is 5.91 Å².